The van der Waals surface area contributed by atoms with E-state index in [1.54, 1.807) is 0 Å². The van der Waals surface area contributed by atoms with Gasteiger partial charge in [0.2, 0.25) is 0 Å². The molecule has 0 bridgehead atoms. The quantitative estimate of drug-likeness (QED) is 0.770. The number of hydrogen-bond donors (Lipinski definition) is 0. The molecule has 0 aliphatic rings. The maximum Gasteiger partial charge on any atom is 0.289 e. The molecule has 0 aromatic carbocycles. The van der Waals surface area contributed by atoms with E-state index in [-0.39, 0.29) is 10.6 Å². The first kappa shape index (κ1) is 11.0. The van der Waals surface area contributed by atoms with E-state index in [0.717, 1.165) is 12.8 Å². The first-order chi connectivity index (χ1) is 6.70. The van der Waals surface area contributed by atoms with Crippen molar-refractivity contribution in [1.82, 2.24) is 9.78 Å². The largest absolute Gasteiger partial charge is 0.493 e. The van der Waals surface area contributed by atoms with Crippen LogP contribution in [-0.4, -0.2) is 16.9 Å². The van der Waals surface area contributed by atoms with Gasteiger partial charge in [-0.2, -0.15) is 5.10 Å². The van der Waals surface area contributed by atoms with Crippen LogP contribution in [-0.2, 0) is 6.54 Å². The predicted octanol–water partition coefficient (Wildman–Crippen LogP) is 1.71. The van der Waals surface area contributed by atoms with E-state index in [4.69, 9.17) is 16.3 Å². The maximum absolute atomic E-state index is 11.5. The Balaban J connectivity index is 2.99. The summed E-state index contributed by atoms with van der Waals surface area (Å²) in [5.41, 5.74) is -0.292. The molecule has 0 fully saturated rings. The molecule has 0 aliphatic heterocycles. The SMILES string of the molecule is CCCCn1ncc(OC)c(Cl)c1=O. The van der Waals surface area contributed by atoms with Gasteiger partial charge in [-0.15, -0.1) is 0 Å². The lowest BCUT2D eigenvalue weighted by Gasteiger charge is -2.06. The summed E-state index contributed by atoms with van der Waals surface area (Å²) in [6.45, 7) is 2.65. The van der Waals surface area contributed by atoms with Gasteiger partial charge in [-0.3, -0.25) is 4.79 Å². The Kier molecular flexibility index (Phi) is 3.95. The van der Waals surface area contributed by atoms with Crippen LogP contribution >= 0.6 is 11.6 Å². The second-order valence-electron chi connectivity index (χ2n) is 2.91. The van der Waals surface area contributed by atoms with Crippen molar-refractivity contribution in [2.75, 3.05) is 7.11 Å². The van der Waals surface area contributed by atoms with E-state index in [1.165, 1.54) is 18.0 Å². The van der Waals surface area contributed by atoms with Crippen molar-refractivity contribution in [2.24, 2.45) is 0 Å². The molecular weight excluding hydrogens is 204 g/mol. The number of ether oxygens (including phenoxy) is 1. The highest BCUT2D eigenvalue weighted by molar-refractivity contribution is 6.31. The Hall–Kier alpha value is -1.03. The van der Waals surface area contributed by atoms with E-state index >= 15 is 0 Å². The van der Waals surface area contributed by atoms with Gasteiger partial charge in [0, 0.05) is 6.54 Å². The van der Waals surface area contributed by atoms with Crippen LogP contribution in [0.4, 0.5) is 0 Å². The third-order valence-corrected chi connectivity index (χ3v) is 2.24. The summed E-state index contributed by atoms with van der Waals surface area (Å²) in [5, 5.41) is 4.04. The zero-order valence-corrected chi connectivity index (χ0v) is 9.04. The van der Waals surface area contributed by atoms with E-state index < -0.39 is 0 Å². The van der Waals surface area contributed by atoms with Crippen molar-refractivity contribution in [1.29, 1.82) is 0 Å². The normalized spacial score (nSPS) is 10.2. The highest BCUT2D eigenvalue weighted by Crippen LogP contribution is 2.16. The summed E-state index contributed by atoms with van der Waals surface area (Å²) in [6, 6.07) is 0. The summed E-state index contributed by atoms with van der Waals surface area (Å²) in [6.07, 6.45) is 3.38. The number of hydrogen-bond acceptors (Lipinski definition) is 3. The van der Waals surface area contributed by atoms with Gasteiger partial charge in [0.1, 0.15) is 0 Å². The molecular formula is C9H13ClN2O2. The molecule has 0 atom stereocenters. The maximum atomic E-state index is 11.5. The number of methoxy groups -OCH3 is 1. The number of aromatic nitrogens is 2. The van der Waals surface area contributed by atoms with Crippen LogP contribution in [0.2, 0.25) is 5.02 Å². The van der Waals surface area contributed by atoms with Crippen LogP contribution in [0.3, 0.4) is 0 Å². The second kappa shape index (κ2) is 5.00. The number of unbranched alkanes of at least 4 members (excludes halogenated alkanes) is 1. The second-order valence-corrected chi connectivity index (χ2v) is 3.29. The molecule has 0 spiro atoms. The Morgan fingerprint density at radius 3 is 2.93 bits per heavy atom. The van der Waals surface area contributed by atoms with Gasteiger partial charge < -0.3 is 4.74 Å². The monoisotopic (exact) mass is 216 g/mol. The average Bonchev–Trinajstić information content (AvgIpc) is 2.20. The van der Waals surface area contributed by atoms with Gasteiger partial charge in [0.25, 0.3) is 5.56 Å². The molecule has 78 valence electrons. The van der Waals surface area contributed by atoms with E-state index in [1.807, 2.05) is 0 Å². The highest BCUT2D eigenvalue weighted by atomic mass is 35.5. The fourth-order valence-corrected chi connectivity index (χ4v) is 1.28. The standard InChI is InChI=1S/C9H13ClN2O2/c1-3-4-5-12-9(13)8(10)7(14-2)6-11-12/h6H,3-5H2,1-2H3. The Labute approximate surface area is 87.5 Å². The zero-order chi connectivity index (χ0) is 10.6. The van der Waals surface area contributed by atoms with Crippen LogP contribution in [0.15, 0.2) is 11.0 Å². The van der Waals surface area contributed by atoms with Crippen LogP contribution in [0.25, 0.3) is 0 Å². The van der Waals surface area contributed by atoms with Crippen molar-refractivity contribution in [2.45, 2.75) is 26.3 Å². The molecule has 0 unspecified atom stereocenters. The summed E-state index contributed by atoms with van der Waals surface area (Å²) < 4.78 is 6.23. The molecule has 0 N–H and O–H groups in total. The van der Waals surface area contributed by atoms with Crippen LogP contribution < -0.4 is 10.3 Å². The molecule has 1 rings (SSSR count). The number of aryl methyl sites for hydroxylation is 1. The number of halogens is 1. The fourth-order valence-electron chi connectivity index (χ4n) is 1.06. The van der Waals surface area contributed by atoms with Gasteiger partial charge in [0.05, 0.1) is 13.3 Å². The van der Waals surface area contributed by atoms with E-state index in [0.29, 0.717) is 12.3 Å². The van der Waals surface area contributed by atoms with Crippen LogP contribution in [0, 0.1) is 0 Å². The first-order valence-electron chi connectivity index (χ1n) is 4.50. The van der Waals surface area contributed by atoms with Gasteiger partial charge in [-0.25, -0.2) is 4.68 Å². The van der Waals surface area contributed by atoms with E-state index in [9.17, 15) is 4.79 Å². The lowest BCUT2D eigenvalue weighted by atomic mass is 10.3. The molecule has 5 heteroatoms. The zero-order valence-electron chi connectivity index (χ0n) is 8.29. The Morgan fingerprint density at radius 1 is 1.64 bits per heavy atom. The fraction of sp³-hybridized carbons (Fsp3) is 0.556. The molecule has 1 aromatic heterocycles. The van der Waals surface area contributed by atoms with Crippen molar-refractivity contribution in [3.8, 4) is 5.75 Å². The molecule has 0 saturated carbocycles. The topological polar surface area (TPSA) is 44.1 Å². The van der Waals surface area contributed by atoms with Crippen molar-refractivity contribution in [3.63, 3.8) is 0 Å². The van der Waals surface area contributed by atoms with Crippen LogP contribution in [0.5, 0.6) is 5.75 Å². The van der Waals surface area contributed by atoms with E-state index in [2.05, 4.69) is 12.0 Å². The average molecular weight is 217 g/mol. The number of nitrogens with zero attached hydrogens (tertiary/aromatic N) is 2. The van der Waals surface area contributed by atoms with Crippen molar-refractivity contribution < 1.29 is 4.74 Å². The lowest BCUT2D eigenvalue weighted by molar-refractivity contribution is 0.405. The molecule has 0 radical (unpaired) electrons. The molecule has 0 saturated heterocycles. The molecule has 14 heavy (non-hydrogen) atoms. The third kappa shape index (κ3) is 2.26. The predicted molar refractivity (Wildman–Crippen MR) is 55.0 cm³/mol. The Bertz CT molecular complexity index is 362. The molecule has 0 aliphatic carbocycles. The minimum absolute atomic E-state index is 0.0959. The highest BCUT2D eigenvalue weighted by Gasteiger charge is 2.08. The minimum Gasteiger partial charge on any atom is -0.493 e. The third-order valence-electron chi connectivity index (χ3n) is 1.90. The van der Waals surface area contributed by atoms with Gasteiger partial charge in [-0.05, 0) is 6.42 Å². The summed E-state index contributed by atoms with van der Waals surface area (Å²) >= 11 is 5.78. The van der Waals surface area contributed by atoms with Gasteiger partial charge in [-0.1, -0.05) is 24.9 Å². The number of rotatable bonds is 4. The van der Waals surface area contributed by atoms with Crippen LogP contribution in [0.1, 0.15) is 19.8 Å². The van der Waals surface area contributed by atoms with Crippen molar-refractivity contribution in [3.05, 3.63) is 21.6 Å². The lowest BCUT2D eigenvalue weighted by Crippen LogP contribution is -2.23. The Morgan fingerprint density at radius 2 is 2.36 bits per heavy atom. The smallest absolute Gasteiger partial charge is 0.289 e. The summed E-state index contributed by atoms with van der Waals surface area (Å²) in [4.78, 5) is 11.5. The van der Waals surface area contributed by atoms with Crippen molar-refractivity contribution >= 4 is 11.6 Å². The first-order valence-corrected chi connectivity index (χ1v) is 4.88. The summed E-state index contributed by atoms with van der Waals surface area (Å²) in [5.74, 6) is 0.324. The van der Waals surface area contributed by atoms with Gasteiger partial charge >= 0.3 is 0 Å². The molecule has 1 aromatic rings. The molecule has 1 heterocycles. The molecule has 4 nitrogen and oxygen atoms in total. The summed E-state index contributed by atoms with van der Waals surface area (Å²) in [7, 11) is 1.46. The van der Waals surface area contributed by atoms with Gasteiger partial charge in [0.15, 0.2) is 10.8 Å². The molecule has 0 amide bonds. The minimum atomic E-state index is -0.292.